The van der Waals surface area contributed by atoms with Crippen molar-refractivity contribution in [1.29, 1.82) is 0 Å². The van der Waals surface area contributed by atoms with Crippen LogP contribution in [0.5, 0.6) is 0 Å². The highest BCUT2D eigenvalue weighted by Gasteiger charge is 2.29. The summed E-state index contributed by atoms with van der Waals surface area (Å²) in [7, 11) is 1.33. The van der Waals surface area contributed by atoms with Crippen LogP contribution in [0, 0.1) is 5.92 Å². The van der Waals surface area contributed by atoms with Gasteiger partial charge in [-0.25, -0.2) is 4.79 Å². The van der Waals surface area contributed by atoms with Gasteiger partial charge in [0.05, 0.1) is 23.7 Å². The molecule has 2 rings (SSSR count). The topological polar surface area (TPSA) is 58.6 Å². The Hall–Kier alpha value is -1.46. The lowest BCUT2D eigenvalue weighted by atomic mass is 9.97. The molecule has 0 radical (unpaired) electrons. The summed E-state index contributed by atoms with van der Waals surface area (Å²) in [6, 6.07) is 4.88. The highest BCUT2D eigenvalue weighted by molar-refractivity contribution is 6.36. The number of piperidine rings is 1. The summed E-state index contributed by atoms with van der Waals surface area (Å²) in [5.74, 6) is -0.433. The Morgan fingerprint density at radius 2 is 2.14 bits per heavy atom. The number of ether oxygens (including phenoxy) is 1. The SMILES string of the molecule is COC(=O)N1CCCC(C(=O)Nc2ccc(Cl)cc2Cl)C1. The van der Waals surface area contributed by atoms with Crippen molar-refractivity contribution in [2.24, 2.45) is 5.92 Å². The Labute approximate surface area is 133 Å². The maximum Gasteiger partial charge on any atom is 0.409 e. The van der Waals surface area contributed by atoms with E-state index in [0.717, 1.165) is 12.8 Å². The van der Waals surface area contributed by atoms with Crippen molar-refractivity contribution in [3.63, 3.8) is 0 Å². The number of nitrogens with one attached hydrogen (secondary N) is 1. The van der Waals surface area contributed by atoms with E-state index in [9.17, 15) is 9.59 Å². The summed E-state index contributed by atoms with van der Waals surface area (Å²) in [6.45, 7) is 0.960. The van der Waals surface area contributed by atoms with Gasteiger partial charge in [0.25, 0.3) is 0 Å². The van der Waals surface area contributed by atoms with Crippen LogP contribution in [0.4, 0.5) is 10.5 Å². The smallest absolute Gasteiger partial charge is 0.409 e. The predicted molar refractivity (Wildman–Crippen MR) is 81.8 cm³/mol. The number of anilines is 1. The van der Waals surface area contributed by atoms with E-state index in [1.165, 1.54) is 12.0 Å². The maximum atomic E-state index is 12.3. The van der Waals surface area contributed by atoms with E-state index < -0.39 is 6.09 Å². The van der Waals surface area contributed by atoms with Crippen molar-refractivity contribution in [2.45, 2.75) is 12.8 Å². The zero-order chi connectivity index (χ0) is 15.4. The Morgan fingerprint density at radius 1 is 1.38 bits per heavy atom. The quantitative estimate of drug-likeness (QED) is 0.903. The fourth-order valence-electron chi connectivity index (χ4n) is 2.31. The third-order valence-electron chi connectivity index (χ3n) is 3.41. The second-order valence-electron chi connectivity index (χ2n) is 4.87. The van der Waals surface area contributed by atoms with Crippen LogP contribution in [0.2, 0.25) is 10.0 Å². The molecule has 1 atom stereocenters. The van der Waals surface area contributed by atoms with Gasteiger partial charge >= 0.3 is 6.09 Å². The summed E-state index contributed by atoms with van der Waals surface area (Å²) in [4.78, 5) is 25.3. The van der Waals surface area contributed by atoms with Gasteiger partial charge in [-0.2, -0.15) is 0 Å². The number of benzene rings is 1. The first kappa shape index (κ1) is 15.9. The van der Waals surface area contributed by atoms with Crippen molar-refractivity contribution < 1.29 is 14.3 Å². The van der Waals surface area contributed by atoms with Gasteiger partial charge < -0.3 is 15.0 Å². The number of nitrogens with zero attached hydrogens (tertiary/aromatic N) is 1. The Bertz CT molecular complexity index is 551. The van der Waals surface area contributed by atoms with Gasteiger partial charge in [0.15, 0.2) is 0 Å². The number of amides is 2. The summed E-state index contributed by atoms with van der Waals surface area (Å²) in [5.41, 5.74) is 0.515. The molecule has 0 spiro atoms. The average molecular weight is 331 g/mol. The number of hydrogen-bond donors (Lipinski definition) is 1. The first-order chi connectivity index (χ1) is 10.0. The third kappa shape index (κ3) is 4.02. The van der Waals surface area contributed by atoms with Crippen LogP contribution in [0.25, 0.3) is 0 Å². The molecule has 114 valence electrons. The molecule has 0 aromatic heterocycles. The summed E-state index contributed by atoms with van der Waals surface area (Å²) >= 11 is 11.8. The van der Waals surface area contributed by atoms with Crippen molar-refractivity contribution in [3.8, 4) is 0 Å². The van der Waals surface area contributed by atoms with Crippen LogP contribution in [0.1, 0.15) is 12.8 Å². The average Bonchev–Trinajstić information content (AvgIpc) is 2.49. The van der Waals surface area contributed by atoms with E-state index in [1.807, 2.05) is 0 Å². The molecule has 0 saturated carbocycles. The molecule has 1 unspecified atom stereocenters. The Morgan fingerprint density at radius 3 is 2.81 bits per heavy atom. The monoisotopic (exact) mass is 330 g/mol. The van der Waals surface area contributed by atoms with Crippen LogP contribution < -0.4 is 5.32 Å². The van der Waals surface area contributed by atoms with Crippen LogP contribution in [0.3, 0.4) is 0 Å². The van der Waals surface area contributed by atoms with E-state index in [2.05, 4.69) is 10.1 Å². The fourth-order valence-corrected chi connectivity index (χ4v) is 2.77. The molecule has 5 nitrogen and oxygen atoms in total. The number of methoxy groups -OCH3 is 1. The first-order valence-electron chi connectivity index (χ1n) is 6.60. The lowest BCUT2D eigenvalue weighted by Crippen LogP contribution is -2.43. The van der Waals surface area contributed by atoms with Gasteiger partial charge in [-0.1, -0.05) is 23.2 Å². The number of carbonyl (C=O) groups is 2. The third-order valence-corrected chi connectivity index (χ3v) is 3.96. The number of rotatable bonds is 2. The van der Waals surface area contributed by atoms with E-state index >= 15 is 0 Å². The standard InChI is InChI=1S/C14H16Cl2N2O3/c1-21-14(20)18-6-2-3-9(8-18)13(19)17-12-5-4-10(15)7-11(12)16/h4-5,7,9H,2-3,6,8H2,1H3,(H,17,19). The highest BCUT2D eigenvalue weighted by atomic mass is 35.5. The molecule has 0 bridgehead atoms. The van der Waals surface area contributed by atoms with E-state index in [-0.39, 0.29) is 11.8 Å². The molecule has 1 heterocycles. The zero-order valence-corrected chi connectivity index (χ0v) is 13.1. The number of halogens is 2. The second kappa shape index (κ2) is 7.00. The fraction of sp³-hybridized carbons (Fsp3) is 0.429. The van der Waals surface area contributed by atoms with Crippen molar-refractivity contribution in [2.75, 3.05) is 25.5 Å². The molecular formula is C14H16Cl2N2O3. The molecule has 1 aliphatic rings. The predicted octanol–water partition coefficient (Wildman–Crippen LogP) is 3.41. The molecule has 1 aromatic rings. The first-order valence-corrected chi connectivity index (χ1v) is 7.35. The Balaban J connectivity index is 2.01. The lowest BCUT2D eigenvalue weighted by molar-refractivity contribution is -0.121. The molecule has 0 aliphatic carbocycles. The summed E-state index contributed by atoms with van der Waals surface area (Å²) in [5, 5.41) is 3.67. The Kier molecular flexibility index (Phi) is 5.31. The summed E-state index contributed by atoms with van der Waals surface area (Å²) in [6.07, 6.45) is 1.09. The molecular weight excluding hydrogens is 315 g/mol. The van der Waals surface area contributed by atoms with Crippen LogP contribution in [0.15, 0.2) is 18.2 Å². The molecule has 1 fully saturated rings. The summed E-state index contributed by atoms with van der Waals surface area (Å²) < 4.78 is 4.69. The number of carbonyl (C=O) groups excluding carboxylic acids is 2. The van der Waals surface area contributed by atoms with Gasteiger partial charge in [0, 0.05) is 18.1 Å². The number of likely N-dealkylation sites (tertiary alicyclic amines) is 1. The van der Waals surface area contributed by atoms with Crippen molar-refractivity contribution in [3.05, 3.63) is 28.2 Å². The second-order valence-corrected chi connectivity index (χ2v) is 5.71. The van der Waals surface area contributed by atoms with E-state index in [4.69, 9.17) is 23.2 Å². The maximum absolute atomic E-state index is 12.3. The van der Waals surface area contributed by atoms with Crippen LogP contribution >= 0.6 is 23.2 Å². The van der Waals surface area contributed by atoms with Gasteiger partial charge in [0.2, 0.25) is 5.91 Å². The van der Waals surface area contributed by atoms with E-state index in [1.54, 1.807) is 18.2 Å². The lowest BCUT2D eigenvalue weighted by Gasteiger charge is -2.30. The molecule has 1 N–H and O–H groups in total. The van der Waals surface area contributed by atoms with Crippen LogP contribution in [-0.2, 0) is 9.53 Å². The van der Waals surface area contributed by atoms with Gasteiger partial charge in [-0.3, -0.25) is 4.79 Å². The largest absolute Gasteiger partial charge is 0.453 e. The molecule has 1 aliphatic heterocycles. The van der Waals surface area contributed by atoms with Gasteiger partial charge in [0.1, 0.15) is 0 Å². The normalized spacial score (nSPS) is 18.2. The minimum atomic E-state index is -0.406. The van der Waals surface area contributed by atoms with Crippen molar-refractivity contribution in [1.82, 2.24) is 4.90 Å². The van der Waals surface area contributed by atoms with Crippen molar-refractivity contribution >= 4 is 40.9 Å². The molecule has 21 heavy (non-hydrogen) atoms. The molecule has 1 saturated heterocycles. The molecule has 2 amide bonds. The highest BCUT2D eigenvalue weighted by Crippen LogP contribution is 2.27. The van der Waals surface area contributed by atoms with Gasteiger partial charge in [-0.05, 0) is 31.0 Å². The minimum Gasteiger partial charge on any atom is -0.453 e. The van der Waals surface area contributed by atoms with Crippen LogP contribution in [-0.4, -0.2) is 37.1 Å². The minimum absolute atomic E-state index is 0.159. The number of hydrogen-bond acceptors (Lipinski definition) is 3. The molecule has 7 heteroatoms. The zero-order valence-electron chi connectivity index (χ0n) is 11.6. The van der Waals surface area contributed by atoms with E-state index in [0.29, 0.717) is 28.8 Å². The van der Waals surface area contributed by atoms with Gasteiger partial charge in [-0.15, -0.1) is 0 Å². The molecule has 1 aromatic carbocycles.